The summed E-state index contributed by atoms with van der Waals surface area (Å²) in [5.74, 6) is 1.23. The van der Waals surface area contributed by atoms with Crippen molar-refractivity contribution in [2.75, 3.05) is 11.9 Å². The molecule has 2 aliphatic heterocycles. The van der Waals surface area contributed by atoms with E-state index in [0.29, 0.717) is 6.42 Å². The number of hydrogen-bond acceptors (Lipinski definition) is 3. The van der Waals surface area contributed by atoms with Gasteiger partial charge in [0.15, 0.2) is 0 Å². The zero-order chi connectivity index (χ0) is 17.1. The Balaban J connectivity index is 1.40. The maximum atomic E-state index is 12.2. The SMILES string of the molecule is O=C(CC[C@H]1CCCO1)Nc1cccc(-c2cn3c(n2)CCCC3)c1. The third kappa shape index (κ3) is 3.93. The second kappa shape index (κ2) is 7.40. The van der Waals surface area contributed by atoms with Crippen LogP contribution in [0.2, 0.25) is 0 Å². The van der Waals surface area contributed by atoms with Crippen LogP contribution >= 0.6 is 0 Å². The molecule has 0 bridgehead atoms. The molecule has 2 aliphatic rings. The van der Waals surface area contributed by atoms with E-state index in [1.54, 1.807) is 0 Å². The van der Waals surface area contributed by atoms with E-state index in [9.17, 15) is 4.79 Å². The van der Waals surface area contributed by atoms with Crippen molar-refractivity contribution < 1.29 is 9.53 Å². The highest BCUT2D eigenvalue weighted by atomic mass is 16.5. The van der Waals surface area contributed by atoms with Gasteiger partial charge in [-0.1, -0.05) is 12.1 Å². The number of fused-ring (bicyclic) bond motifs is 1. The van der Waals surface area contributed by atoms with Crippen LogP contribution in [0.25, 0.3) is 11.3 Å². The Labute approximate surface area is 148 Å². The van der Waals surface area contributed by atoms with Crippen molar-refractivity contribution in [3.63, 3.8) is 0 Å². The van der Waals surface area contributed by atoms with Gasteiger partial charge in [-0.05, 0) is 44.2 Å². The molecule has 1 atom stereocenters. The Kier molecular flexibility index (Phi) is 4.83. The number of ether oxygens (including phenoxy) is 1. The van der Waals surface area contributed by atoms with Crippen molar-refractivity contribution in [1.29, 1.82) is 0 Å². The monoisotopic (exact) mass is 339 g/mol. The standard InChI is InChI=1S/C20H25N3O2/c24-20(10-9-17-7-4-12-25-17)21-16-6-3-5-15(13-16)18-14-23-11-2-1-8-19(23)22-18/h3,5-6,13-14,17H,1-2,4,7-12H2,(H,21,24)/t17-/m1/s1. The van der Waals surface area contributed by atoms with Crippen molar-refractivity contribution in [2.45, 2.75) is 57.6 Å². The van der Waals surface area contributed by atoms with Crippen molar-refractivity contribution in [1.82, 2.24) is 9.55 Å². The lowest BCUT2D eigenvalue weighted by Crippen LogP contribution is -2.15. The molecule has 132 valence electrons. The molecule has 1 fully saturated rings. The van der Waals surface area contributed by atoms with Gasteiger partial charge in [0.25, 0.3) is 0 Å². The third-order valence-electron chi connectivity index (χ3n) is 5.07. The number of rotatable bonds is 5. The molecule has 0 saturated carbocycles. The van der Waals surface area contributed by atoms with Gasteiger partial charge in [-0.2, -0.15) is 0 Å². The summed E-state index contributed by atoms with van der Waals surface area (Å²) in [4.78, 5) is 17.0. The Morgan fingerprint density at radius 3 is 3.12 bits per heavy atom. The Morgan fingerprint density at radius 2 is 2.28 bits per heavy atom. The molecule has 0 radical (unpaired) electrons. The lowest BCUT2D eigenvalue weighted by atomic mass is 10.1. The lowest BCUT2D eigenvalue weighted by Gasteiger charge is -2.11. The number of nitrogens with zero attached hydrogens (tertiary/aromatic N) is 2. The molecule has 0 aliphatic carbocycles. The number of nitrogens with one attached hydrogen (secondary N) is 1. The van der Waals surface area contributed by atoms with Crippen molar-refractivity contribution in [2.24, 2.45) is 0 Å². The van der Waals surface area contributed by atoms with E-state index < -0.39 is 0 Å². The van der Waals surface area contributed by atoms with Gasteiger partial charge in [0.2, 0.25) is 5.91 Å². The first-order valence-electron chi connectivity index (χ1n) is 9.36. The predicted molar refractivity (Wildman–Crippen MR) is 97.4 cm³/mol. The summed E-state index contributed by atoms with van der Waals surface area (Å²) in [5, 5.41) is 3.01. The van der Waals surface area contributed by atoms with Crippen molar-refractivity contribution in [3.8, 4) is 11.3 Å². The zero-order valence-electron chi connectivity index (χ0n) is 14.5. The van der Waals surface area contributed by atoms with E-state index in [1.807, 2.05) is 18.2 Å². The van der Waals surface area contributed by atoms with Crippen molar-refractivity contribution >= 4 is 11.6 Å². The summed E-state index contributed by atoms with van der Waals surface area (Å²) in [6, 6.07) is 7.97. The van der Waals surface area contributed by atoms with E-state index in [1.165, 1.54) is 18.7 Å². The summed E-state index contributed by atoms with van der Waals surface area (Å²) in [6.07, 6.45) is 9.39. The fourth-order valence-corrected chi connectivity index (χ4v) is 3.70. The van der Waals surface area contributed by atoms with Crippen molar-refractivity contribution in [3.05, 3.63) is 36.3 Å². The van der Waals surface area contributed by atoms with Crippen LogP contribution in [-0.4, -0.2) is 28.2 Å². The normalized spacial score (nSPS) is 19.6. The molecule has 25 heavy (non-hydrogen) atoms. The molecule has 5 nitrogen and oxygen atoms in total. The maximum absolute atomic E-state index is 12.2. The Hall–Kier alpha value is -2.14. The summed E-state index contributed by atoms with van der Waals surface area (Å²) in [5.41, 5.74) is 2.88. The van der Waals surface area contributed by atoms with Crippen LogP contribution in [-0.2, 0) is 22.5 Å². The molecule has 3 heterocycles. The minimum Gasteiger partial charge on any atom is -0.378 e. The number of carbonyl (C=O) groups is 1. The average molecular weight is 339 g/mol. The minimum absolute atomic E-state index is 0.0526. The van der Waals surface area contributed by atoms with Crippen LogP contribution in [0, 0.1) is 0 Å². The minimum atomic E-state index is 0.0526. The first-order valence-corrected chi connectivity index (χ1v) is 9.36. The van der Waals surface area contributed by atoms with Crippen LogP contribution in [0.1, 0.15) is 44.3 Å². The molecule has 0 unspecified atom stereocenters. The quantitative estimate of drug-likeness (QED) is 0.902. The highest BCUT2D eigenvalue weighted by Crippen LogP contribution is 2.25. The van der Waals surface area contributed by atoms with Gasteiger partial charge >= 0.3 is 0 Å². The van der Waals surface area contributed by atoms with Crippen LogP contribution in [0.4, 0.5) is 5.69 Å². The van der Waals surface area contributed by atoms with Gasteiger partial charge in [-0.25, -0.2) is 4.98 Å². The van der Waals surface area contributed by atoms with Crippen LogP contribution < -0.4 is 5.32 Å². The maximum Gasteiger partial charge on any atom is 0.224 e. The average Bonchev–Trinajstić information content (AvgIpc) is 3.29. The molecule has 1 aromatic carbocycles. The molecule has 1 aromatic heterocycles. The molecule has 1 N–H and O–H groups in total. The zero-order valence-corrected chi connectivity index (χ0v) is 14.5. The van der Waals surface area contributed by atoms with Gasteiger partial charge in [0, 0.05) is 43.4 Å². The number of carbonyl (C=O) groups excluding carboxylic acids is 1. The number of aryl methyl sites for hydroxylation is 2. The smallest absolute Gasteiger partial charge is 0.224 e. The number of aromatic nitrogens is 2. The lowest BCUT2D eigenvalue weighted by molar-refractivity contribution is -0.116. The molecule has 1 saturated heterocycles. The Bertz CT molecular complexity index is 724. The Morgan fingerprint density at radius 1 is 1.32 bits per heavy atom. The highest BCUT2D eigenvalue weighted by molar-refractivity contribution is 5.91. The molecule has 0 spiro atoms. The molecule has 5 heteroatoms. The molecule has 1 amide bonds. The van der Waals surface area contributed by atoms with Gasteiger partial charge in [-0.3, -0.25) is 4.79 Å². The van der Waals surface area contributed by atoms with E-state index >= 15 is 0 Å². The number of anilines is 1. The first kappa shape index (κ1) is 16.3. The highest BCUT2D eigenvalue weighted by Gasteiger charge is 2.17. The largest absolute Gasteiger partial charge is 0.378 e. The van der Waals surface area contributed by atoms with Gasteiger partial charge in [0.1, 0.15) is 5.82 Å². The van der Waals surface area contributed by atoms with Crippen LogP contribution in [0.15, 0.2) is 30.5 Å². The van der Waals surface area contributed by atoms with Crippen LogP contribution in [0.3, 0.4) is 0 Å². The molecular weight excluding hydrogens is 314 g/mol. The predicted octanol–water partition coefficient (Wildman–Crippen LogP) is 3.78. The number of hydrogen-bond donors (Lipinski definition) is 1. The van der Waals surface area contributed by atoms with Crippen LogP contribution in [0.5, 0.6) is 0 Å². The summed E-state index contributed by atoms with van der Waals surface area (Å²) < 4.78 is 7.84. The summed E-state index contributed by atoms with van der Waals surface area (Å²) >= 11 is 0. The third-order valence-corrected chi connectivity index (χ3v) is 5.07. The number of imidazole rings is 1. The van der Waals surface area contributed by atoms with Gasteiger partial charge in [-0.15, -0.1) is 0 Å². The van der Waals surface area contributed by atoms with Gasteiger partial charge in [0.05, 0.1) is 11.8 Å². The molecule has 4 rings (SSSR count). The number of amides is 1. The summed E-state index contributed by atoms with van der Waals surface area (Å²) in [7, 11) is 0. The fraction of sp³-hybridized carbons (Fsp3) is 0.500. The molecule has 2 aromatic rings. The fourth-order valence-electron chi connectivity index (χ4n) is 3.70. The number of benzene rings is 1. The van der Waals surface area contributed by atoms with E-state index in [-0.39, 0.29) is 12.0 Å². The van der Waals surface area contributed by atoms with E-state index in [4.69, 9.17) is 9.72 Å². The topological polar surface area (TPSA) is 56.1 Å². The van der Waals surface area contributed by atoms with Gasteiger partial charge < -0.3 is 14.6 Å². The summed E-state index contributed by atoms with van der Waals surface area (Å²) in [6.45, 7) is 1.89. The molecular formula is C20H25N3O2. The van der Waals surface area contributed by atoms with E-state index in [0.717, 1.165) is 55.8 Å². The second-order valence-electron chi connectivity index (χ2n) is 7.00. The first-order chi connectivity index (χ1) is 12.3. The van der Waals surface area contributed by atoms with E-state index in [2.05, 4.69) is 22.1 Å². The second-order valence-corrected chi connectivity index (χ2v) is 7.00.